The molecule has 0 bridgehead atoms. The summed E-state index contributed by atoms with van der Waals surface area (Å²) in [5.41, 5.74) is 3.28. The van der Waals surface area contributed by atoms with Gasteiger partial charge < -0.3 is 19.4 Å². The maximum atomic E-state index is 13.2. The van der Waals surface area contributed by atoms with Gasteiger partial charge in [0.05, 0.1) is 30.8 Å². The van der Waals surface area contributed by atoms with Gasteiger partial charge in [0.25, 0.3) is 5.91 Å². The summed E-state index contributed by atoms with van der Waals surface area (Å²) < 4.78 is 7.31. The monoisotopic (exact) mass is 407 g/mol. The van der Waals surface area contributed by atoms with Crippen molar-refractivity contribution in [2.24, 2.45) is 0 Å². The number of fused-ring (bicyclic) bond motifs is 1. The molecule has 1 amide bonds. The molecule has 30 heavy (non-hydrogen) atoms. The van der Waals surface area contributed by atoms with Crippen LogP contribution in [0.2, 0.25) is 0 Å². The van der Waals surface area contributed by atoms with Gasteiger partial charge in [-0.3, -0.25) is 9.20 Å². The second kappa shape index (κ2) is 7.91. The van der Waals surface area contributed by atoms with E-state index in [4.69, 9.17) is 4.74 Å². The summed E-state index contributed by atoms with van der Waals surface area (Å²) in [6.45, 7) is 7.83. The Labute approximate surface area is 174 Å². The van der Waals surface area contributed by atoms with Crippen molar-refractivity contribution in [1.29, 1.82) is 0 Å². The molecule has 5 heterocycles. The predicted molar refractivity (Wildman–Crippen MR) is 113 cm³/mol. The highest BCUT2D eigenvalue weighted by atomic mass is 16.5. The molecule has 156 valence electrons. The molecule has 0 aliphatic carbocycles. The van der Waals surface area contributed by atoms with Crippen LogP contribution in [0, 0.1) is 6.92 Å². The van der Waals surface area contributed by atoms with Crippen molar-refractivity contribution in [1.82, 2.24) is 24.5 Å². The molecule has 0 aromatic carbocycles. The molecule has 2 aliphatic heterocycles. The first kappa shape index (κ1) is 18.8. The fourth-order valence-electron chi connectivity index (χ4n) is 4.15. The van der Waals surface area contributed by atoms with Gasteiger partial charge in [-0.25, -0.2) is 4.98 Å². The number of carbonyl (C=O) groups excluding carboxylic acids is 1. The van der Waals surface area contributed by atoms with E-state index < -0.39 is 0 Å². The number of piperazine rings is 1. The van der Waals surface area contributed by atoms with E-state index in [0.29, 0.717) is 18.8 Å². The van der Waals surface area contributed by atoms with Gasteiger partial charge in [-0.15, -0.1) is 5.10 Å². The van der Waals surface area contributed by atoms with Crippen molar-refractivity contribution in [3.8, 4) is 0 Å². The van der Waals surface area contributed by atoms with E-state index in [2.05, 4.69) is 31.0 Å². The molecule has 0 saturated carbocycles. The van der Waals surface area contributed by atoms with Gasteiger partial charge >= 0.3 is 0 Å². The molecule has 2 fully saturated rings. The van der Waals surface area contributed by atoms with E-state index in [1.807, 2.05) is 46.8 Å². The van der Waals surface area contributed by atoms with Gasteiger partial charge in [-0.1, -0.05) is 6.07 Å². The van der Waals surface area contributed by atoms with Gasteiger partial charge in [0.15, 0.2) is 5.82 Å². The molecule has 0 atom stereocenters. The minimum atomic E-state index is 0.0269. The first-order valence-corrected chi connectivity index (χ1v) is 10.3. The summed E-state index contributed by atoms with van der Waals surface area (Å²) in [6, 6.07) is 7.86. The Morgan fingerprint density at radius 1 is 1.03 bits per heavy atom. The molecule has 0 spiro atoms. The number of imidazole rings is 1. The summed E-state index contributed by atoms with van der Waals surface area (Å²) in [5, 5.41) is 8.54. The summed E-state index contributed by atoms with van der Waals surface area (Å²) in [7, 11) is 0. The number of carbonyl (C=O) groups is 1. The highest BCUT2D eigenvalue weighted by Crippen LogP contribution is 2.22. The van der Waals surface area contributed by atoms with Crippen LogP contribution in [0.15, 0.2) is 36.7 Å². The summed E-state index contributed by atoms with van der Waals surface area (Å²) in [6.07, 6.45) is 3.70. The molecule has 9 heteroatoms. The standard InChI is InChI=1S/C21H25N7O2/c1-16-20(28-5-3-2-4-18(28)23-16)21(29)27-8-6-26(7-9-27)19-14-17(15-22-24-19)25-10-12-30-13-11-25/h2-5,14-15H,6-13H2,1H3. The number of aromatic nitrogens is 4. The average molecular weight is 407 g/mol. The SMILES string of the molecule is Cc1nc2ccccn2c1C(=O)N1CCN(c2cc(N3CCOCC3)cnn2)CC1. The fourth-order valence-corrected chi connectivity index (χ4v) is 4.15. The first-order valence-electron chi connectivity index (χ1n) is 10.3. The molecule has 0 radical (unpaired) electrons. The lowest BCUT2D eigenvalue weighted by atomic mass is 10.2. The number of hydrogen-bond donors (Lipinski definition) is 0. The third kappa shape index (κ3) is 3.45. The number of hydrogen-bond acceptors (Lipinski definition) is 7. The van der Waals surface area contributed by atoms with Crippen LogP contribution >= 0.6 is 0 Å². The van der Waals surface area contributed by atoms with Crippen LogP contribution in [0.5, 0.6) is 0 Å². The lowest BCUT2D eigenvalue weighted by molar-refractivity contribution is 0.0738. The zero-order valence-electron chi connectivity index (χ0n) is 17.1. The highest BCUT2D eigenvalue weighted by Gasteiger charge is 2.27. The van der Waals surface area contributed by atoms with E-state index in [0.717, 1.165) is 62.2 Å². The van der Waals surface area contributed by atoms with Crippen LogP contribution in [0.1, 0.15) is 16.2 Å². The van der Waals surface area contributed by atoms with E-state index in [1.54, 1.807) is 0 Å². The average Bonchev–Trinajstić information content (AvgIpc) is 3.15. The van der Waals surface area contributed by atoms with Crippen LogP contribution < -0.4 is 9.80 Å². The van der Waals surface area contributed by atoms with Crippen LogP contribution in [-0.2, 0) is 4.74 Å². The number of nitrogens with zero attached hydrogens (tertiary/aromatic N) is 7. The number of anilines is 2. The third-order valence-electron chi connectivity index (χ3n) is 5.80. The smallest absolute Gasteiger partial charge is 0.272 e. The van der Waals surface area contributed by atoms with Crippen molar-refractivity contribution in [2.45, 2.75) is 6.92 Å². The molecular weight excluding hydrogens is 382 g/mol. The van der Waals surface area contributed by atoms with Crippen molar-refractivity contribution in [3.63, 3.8) is 0 Å². The summed E-state index contributed by atoms with van der Waals surface area (Å²) >= 11 is 0. The number of amides is 1. The Bertz CT molecular complexity index is 1050. The Morgan fingerprint density at radius 2 is 1.83 bits per heavy atom. The minimum absolute atomic E-state index is 0.0269. The molecule has 9 nitrogen and oxygen atoms in total. The predicted octanol–water partition coefficient (Wildman–Crippen LogP) is 1.23. The summed E-state index contributed by atoms with van der Waals surface area (Å²) in [5.74, 6) is 0.885. The van der Waals surface area contributed by atoms with E-state index in [9.17, 15) is 4.79 Å². The van der Waals surface area contributed by atoms with Crippen LogP contribution in [0.25, 0.3) is 5.65 Å². The van der Waals surface area contributed by atoms with Crippen molar-refractivity contribution >= 4 is 23.1 Å². The minimum Gasteiger partial charge on any atom is -0.378 e. The van der Waals surface area contributed by atoms with Crippen LogP contribution in [0.3, 0.4) is 0 Å². The van der Waals surface area contributed by atoms with Crippen LogP contribution in [0.4, 0.5) is 11.5 Å². The molecule has 3 aromatic heterocycles. The lowest BCUT2D eigenvalue weighted by Gasteiger charge is -2.35. The molecule has 2 saturated heterocycles. The maximum absolute atomic E-state index is 13.2. The zero-order valence-corrected chi connectivity index (χ0v) is 17.1. The topological polar surface area (TPSA) is 79.1 Å². The highest BCUT2D eigenvalue weighted by molar-refractivity contribution is 5.94. The van der Waals surface area contributed by atoms with Gasteiger partial charge in [-0.2, -0.15) is 5.10 Å². The molecule has 5 rings (SSSR count). The second-order valence-corrected chi connectivity index (χ2v) is 7.63. The van der Waals surface area contributed by atoms with E-state index >= 15 is 0 Å². The Balaban J connectivity index is 1.28. The number of rotatable bonds is 3. The van der Waals surface area contributed by atoms with E-state index in [-0.39, 0.29) is 5.91 Å². The normalized spacial score (nSPS) is 17.6. The number of aryl methyl sites for hydroxylation is 1. The quantitative estimate of drug-likeness (QED) is 0.646. The molecule has 2 aliphatic rings. The fraction of sp³-hybridized carbons (Fsp3) is 0.429. The Kier molecular flexibility index (Phi) is 4.96. The van der Waals surface area contributed by atoms with Gasteiger partial charge in [0.2, 0.25) is 0 Å². The number of ether oxygens (including phenoxy) is 1. The van der Waals surface area contributed by atoms with Crippen LogP contribution in [-0.4, -0.2) is 82.9 Å². The molecule has 0 unspecified atom stereocenters. The number of pyridine rings is 1. The van der Waals surface area contributed by atoms with Crippen molar-refractivity contribution < 1.29 is 9.53 Å². The van der Waals surface area contributed by atoms with Gasteiger partial charge in [0, 0.05) is 51.5 Å². The molecular formula is C21H25N7O2. The van der Waals surface area contributed by atoms with Gasteiger partial charge in [-0.05, 0) is 19.1 Å². The van der Waals surface area contributed by atoms with Gasteiger partial charge in [0.1, 0.15) is 11.3 Å². The molecule has 0 N–H and O–H groups in total. The number of morpholine rings is 1. The van der Waals surface area contributed by atoms with Crippen molar-refractivity contribution in [3.05, 3.63) is 48.0 Å². The largest absolute Gasteiger partial charge is 0.378 e. The first-order chi connectivity index (χ1) is 14.7. The Morgan fingerprint density at radius 3 is 2.63 bits per heavy atom. The third-order valence-corrected chi connectivity index (χ3v) is 5.80. The second-order valence-electron chi connectivity index (χ2n) is 7.63. The Hall–Kier alpha value is -3.20. The maximum Gasteiger partial charge on any atom is 0.272 e. The van der Waals surface area contributed by atoms with Crippen molar-refractivity contribution in [2.75, 3.05) is 62.3 Å². The zero-order chi connectivity index (χ0) is 20.5. The lowest BCUT2D eigenvalue weighted by Crippen LogP contribution is -2.49. The van der Waals surface area contributed by atoms with E-state index in [1.165, 1.54) is 0 Å². The molecule has 3 aromatic rings. The summed E-state index contributed by atoms with van der Waals surface area (Å²) in [4.78, 5) is 24.1.